The lowest BCUT2D eigenvalue weighted by Crippen LogP contribution is -2.32. The molecule has 6 heterocycles. The number of pyridine rings is 2. The predicted octanol–water partition coefficient (Wildman–Crippen LogP) is 6.81. The Bertz CT molecular complexity index is 1940. The number of aromatic nitrogens is 8. The van der Waals surface area contributed by atoms with E-state index in [1.54, 1.807) is 6.07 Å². The van der Waals surface area contributed by atoms with Crippen molar-refractivity contribution >= 4 is 89.9 Å². The highest BCUT2D eigenvalue weighted by molar-refractivity contribution is 9.11. The molecule has 18 heteroatoms. The molecule has 0 aromatic carbocycles. The molecule has 0 bridgehead atoms. The van der Waals surface area contributed by atoms with Gasteiger partial charge in [0.15, 0.2) is 8.92 Å². The van der Waals surface area contributed by atoms with Crippen LogP contribution in [0.5, 0.6) is 0 Å². The zero-order valence-corrected chi connectivity index (χ0v) is 35.1. The van der Waals surface area contributed by atoms with Gasteiger partial charge in [-0.25, -0.2) is 19.9 Å². The maximum Gasteiger partial charge on any atom is 0.508 e. The second-order valence-corrected chi connectivity index (χ2v) is 28.2. The quantitative estimate of drug-likeness (QED) is 0.0998. The van der Waals surface area contributed by atoms with Gasteiger partial charge in [-0.3, -0.25) is 0 Å². The number of hydrogen-bond acceptors (Lipinski definition) is 12. The van der Waals surface area contributed by atoms with Gasteiger partial charge in [0, 0.05) is 52.5 Å². The average Bonchev–Trinajstić information content (AvgIpc) is 3.84. The van der Waals surface area contributed by atoms with Crippen molar-refractivity contribution in [2.45, 2.75) is 78.7 Å². The first-order chi connectivity index (χ1) is 23.6. The summed E-state index contributed by atoms with van der Waals surface area (Å²) in [7, 11) is -3.67. The number of rotatable bonds is 12. The first-order valence-electron chi connectivity index (χ1n) is 16.3. The van der Waals surface area contributed by atoms with E-state index in [2.05, 4.69) is 95.6 Å². The molecule has 0 aliphatic carbocycles. The van der Waals surface area contributed by atoms with Gasteiger partial charge in [-0.1, -0.05) is 45.3 Å². The van der Waals surface area contributed by atoms with E-state index in [0.29, 0.717) is 19.1 Å². The highest BCUT2D eigenvalue weighted by Crippen LogP contribution is 2.23. The molecule has 0 spiro atoms. The molecule has 0 unspecified atom stereocenters. The SMILES string of the molecule is C[Si](C)(C)CCOCn1ccc2ccc(B(O)O)nc21.Cc1nsc(-c2ccc3ccn(COCC[Si](C)(C)C)c3n2)n1.Cc1nsc(Br)n1. The minimum absolute atomic E-state index is 0.250. The number of halogens is 1. The third-order valence-electron chi connectivity index (χ3n) is 7.21. The maximum atomic E-state index is 9.17. The molecule has 0 saturated carbocycles. The second-order valence-electron chi connectivity index (χ2n) is 14.1. The molecule has 6 rings (SSSR count). The number of nitrogens with zero attached hydrogens (tertiary/aromatic N) is 8. The van der Waals surface area contributed by atoms with Gasteiger partial charge in [0.05, 0.1) is 5.59 Å². The number of ether oxygens (including phenoxy) is 2. The van der Waals surface area contributed by atoms with Crippen LogP contribution in [0.15, 0.2) is 52.7 Å². The van der Waals surface area contributed by atoms with E-state index in [0.717, 1.165) is 61.9 Å². The molecule has 12 nitrogen and oxygen atoms in total. The monoisotopic (exact) mass is 816 g/mol. The standard InChI is InChI=1S/C16H22N4OSSi.C13H21BN2O3Si.C3H3BrN2S/c1-12-17-16(22-19-12)14-6-5-13-7-8-20(15(13)18-14)11-21-9-10-23(2,3)4;1-20(2,3)9-8-19-10-16-7-6-11-4-5-12(14(17)18)15-13(11)16;1-2-5-3(4)7-6-2/h5-8H,9-11H2,1-4H3;4-7,17-18H,8-10H2,1-3H3;1H3. The minimum Gasteiger partial charge on any atom is -0.422 e. The number of fused-ring (bicyclic) bond motifs is 2. The van der Waals surface area contributed by atoms with E-state index in [1.165, 1.54) is 29.1 Å². The lowest BCUT2D eigenvalue weighted by molar-refractivity contribution is 0.0898. The summed E-state index contributed by atoms with van der Waals surface area (Å²) in [6, 6.07) is 13.8. The minimum atomic E-state index is -1.55. The van der Waals surface area contributed by atoms with E-state index in [1.807, 2.05) is 49.0 Å². The molecule has 0 aliphatic heterocycles. The van der Waals surface area contributed by atoms with Crippen LogP contribution in [0.25, 0.3) is 32.8 Å². The summed E-state index contributed by atoms with van der Waals surface area (Å²) in [5, 5.41) is 21.3. The van der Waals surface area contributed by atoms with Gasteiger partial charge >= 0.3 is 7.12 Å². The van der Waals surface area contributed by atoms with Gasteiger partial charge in [-0.15, -0.1) is 0 Å². The zero-order chi connectivity index (χ0) is 36.5. The summed E-state index contributed by atoms with van der Waals surface area (Å²) in [6.45, 7) is 20.3. The summed E-state index contributed by atoms with van der Waals surface area (Å²) in [4.78, 5) is 17.3. The largest absolute Gasteiger partial charge is 0.508 e. The van der Waals surface area contributed by atoms with E-state index >= 15 is 0 Å². The van der Waals surface area contributed by atoms with Gasteiger partial charge in [0.1, 0.15) is 42.1 Å². The van der Waals surface area contributed by atoms with Gasteiger partial charge in [-0.05, 0) is 95.3 Å². The van der Waals surface area contributed by atoms with Crippen LogP contribution in [-0.4, -0.2) is 84.3 Å². The van der Waals surface area contributed by atoms with Gasteiger partial charge in [0.2, 0.25) is 0 Å². The number of hydrogen-bond donors (Lipinski definition) is 2. The molecule has 0 amide bonds. The van der Waals surface area contributed by atoms with Crippen LogP contribution >= 0.6 is 39.0 Å². The third kappa shape index (κ3) is 12.8. The highest BCUT2D eigenvalue weighted by atomic mass is 79.9. The van der Waals surface area contributed by atoms with Crippen LogP contribution in [-0.2, 0) is 22.9 Å². The fourth-order valence-electron chi connectivity index (χ4n) is 4.36. The van der Waals surface area contributed by atoms with Crippen LogP contribution in [0, 0.1) is 13.8 Å². The smallest absolute Gasteiger partial charge is 0.422 e. The van der Waals surface area contributed by atoms with Crippen molar-refractivity contribution in [3.63, 3.8) is 0 Å². The molecule has 0 atom stereocenters. The molecule has 6 aromatic heterocycles. The van der Waals surface area contributed by atoms with Crippen LogP contribution in [0.2, 0.25) is 51.4 Å². The highest BCUT2D eigenvalue weighted by Gasteiger charge is 2.16. The zero-order valence-electron chi connectivity index (χ0n) is 29.9. The Morgan fingerprint density at radius 2 is 1.22 bits per heavy atom. The molecule has 50 heavy (non-hydrogen) atoms. The van der Waals surface area contributed by atoms with Crippen molar-refractivity contribution in [3.8, 4) is 10.7 Å². The Kier molecular flexibility index (Phi) is 14.6. The van der Waals surface area contributed by atoms with Crippen LogP contribution < -0.4 is 5.59 Å². The fourth-order valence-corrected chi connectivity index (χ4v) is 7.41. The van der Waals surface area contributed by atoms with Gasteiger partial charge in [-0.2, -0.15) is 8.75 Å². The average molecular weight is 818 g/mol. The molecule has 0 fully saturated rings. The molecule has 0 saturated heterocycles. The van der Waals surface area contributed by atoms with Gasteiger partial charge in [0.25, 0.3) is 0 Å². The Hall–Kier alpha value is -2.68. The molecule has 0 radical (unpaired) electrons. The van der Waals surface area contributed by atoms with Crippen molar-refractivity contribution in [2.24, 2.45) is 0 Å². The van der Waals surface area contributed by atoms with Crippen LogP contribution in [0.4, 0.5) is 0 Å². The Morgan fingerprint density at radius 3 is 1.66 bits per heavy atom. The molecular formula is C32H46BBrN8O4S2Si2. The van der Waals surface area contributed by atoms with Crippen molar-refractivity contribution in [1.82, 2.24) is 37.8 Å². The summed E-state index contributed by atoms with van der Waals surface area (Å²) in [5.74, 6) is 1.62. The summed E-state index contributed by atoms with van der Waals surface area (Å²) in [5.41, 5.74) is 2.76. The molecular weight excluding hydrogens is 771 g/mol. The molecule has 0 aliphatic rings. The van der Waals surface area contributed by atoms with Crippen molar-refractivity contribution in [1.29, 1.82) is 0 Å². The van der Waals surface area contributed by atoms with Crippen molar-refractivity contribution < 1.29 is 19.5 Å². The normalized spacial score (nSPS) is 11.7. The maximum absolute atomic E-state index is 9.17. The Balaban J connectivity index is 0.000000190. The first-order valence-corrected chi connectivity index (χ1v) is 26.0. The summed E-state index contributed by atoms with van der Waals surface area (Å²) >= 11 is 5.92. The van der Waals surface area contributed by atoms with E-state index < -0.39 is 23.3 Å². The van der Waals surface area contributed by atoms with Crippen molar-refractivity contribution in [2.75, 3.05) is 13.2 Å². The number of aryl methyl sites for hydroxylation is 2. The first kappa shape index (κ1) is 40.1. The topological polar surface area (TPSA) is 146 Å². The molecule has 6 aromatic rings. The van der Waals surface area contributed by atoms with Crippen LogP contribution in [0.3, 0.4) is 0 Å². The predicted molar refractivity (Wildman–Crippen MR) is 213 cm³/mol. The summed E-state index contributed by atoms with van der Waals surface area (Å²) < 4.78 is 24.5. The summed E-state index contributed by atoms with van der Waals surface area (Å²) in [6.07, 6.45) is 3.93. The van der Waals surface area contributed by atoms with Crippen LogP contribution in [0.1, 0.15) is 11.6 Å². The second kappa shape index (κ2) is 18.2. The fraction of sp³-hybridized carbons (Fsp3) is 0.438. The van der Waals surface area contributed by atoms with E-state index in [-0.39, 0.29) is 5.59 Å². The third-order valence-corrected chi connectivity index (χ3v) is 12.7. The molecule has 268 valence electrons. The van der Waals surface area contributed by atoms with E-state index in [4.69, 9.17) is 14.5 Å². The lowest BCUT2D eigenvalue weighted by Gasteiger charge is -2.15. The lowest BCUT2D eigenvalue weighted by atomic mass is 9.86. The van der Waals surface area contributed by atoms with Gasteiger partial charge < -0.3 is 28.7 Å². The molecule has 2 N–H and O–H groups in total. The van der Waals surface area contributed by atoms with Crippen molar-refractivity contribution in [3.05, 3.63) is 64.4 Å². The Morgan fingerprint density at radius 1 is 0.700 bits per heavy atom. The Labute approximate surface area is 312 Å². The van der Waals surface area contributed by atoms with E-state index in [9.17, 15) is 10.0 Å².